The third-order valence-corrected chi connectivity index (χ3v) is 3.41. The molecule has 2 aromatic heterocycles. The number of H-pyrrole nitrogens is 1. The zero-order chi connectivity index (χ0) is 17.3. The quantitative estimate of drug-likeness (QED) is 0.672. The first-order valence-electron chi connectivity index (χ1n) is 6.70. The Bertz CT molecular complexity index is 1110. The van der Waals surface area contributed by atoms with E-state index in [1.54, 1.807) is 12.1 Å². The Morgan fingerprint density at radius 2 is 2.04 bits per heavy atom. The minimum Gasteiger partial charge on any atom is -0.291 e. The second-order valence-electron chi connectivity index (χ2n) is 4.85. The molecular weight excluding hydrogens is 338 g/mol. The van der Waals surface area contributed by atoms with Gasteiger partial charge in [0, 0.05) is 17.3 Å². The van der Waals surface area contributed by atoms with Gasteiger partial charge in [-0.1, -0.05) is 11.6 Å². The highest BCUT2D eigenvalue weighted by atomic mass is 35.5. The molecule has 0 aliphatic carbocycles. The molecule has 0 spiro atoms. The summed E-state index contributed by atoms with van der Waals surface area (Å²) in [6.45, 7) is -0.379. The average molecular weight is 348 g/mol. The van der Waals surface area contributed by atoms with Crippen molar-refractivity contribution < 1.29 is 4.79 Å². The van der Waals surface area contributed by atoms with Crippen LogP contribution >= 0.6 is 11.6 Å². The zero-order valence-electron chi connectivity index (χ0n) is 12.0. The van der Waals surface area contributed by atoms with E-state index < -0.39 is 22.7 Å². The van der Waals surface area contributed by atoms with Gasteiger partial charge in [0.1, 0.15) is 12.9 Å². The predicted octanol–water partition coefficient (Wildman–Crippen LogP) is -0.330. The second-order valence-corrected chi connectivity index (χ2v) is 5.29. The lowest BCUT2D eigenvalue weighted by atomic mass is 10.2. The molecule has 0 aliphatic heterocycles. The Balaban J connectivity index is 1.88. The van der Waals surface area contributed by atoms with Gasteiger partial charge >= 0.3 is 5.69 Å². The van der Waals surface area contributed by atoms with E-state index in [2.05, 4.69) is 10.4 Å². The van der Waals surface area contributed by atoms with Crippen LogP contribution in [0.1, 0.15) is 0 Å². The van der Waals surface area contributed by atoms with Gasteiger partial charge in [-0.2, -0.15) is 0 Å². The van der Waals surface area contributed by atoms with Gasteiger partial charge in [0.25, 0.3) is 17.0 Å². The van der Waals surface area contributed by atoms with Crippen LogP contribution in [0, 0.1) is 0 Å². The molecule has 0 atom stereocenters. The Morgan fingerprint density at radius 3 is 2.79 bits per heavy atom. The SMILES string of the molecule is O=C(Cn1ccc(=O)[nH]c1=O)Nn1cnc2ccc(Cl)cc2c1=O. The van der Waals surface area contributed by atoms with Crippen LogP contribution in [0.5, 0.6) is 0 Å². The van der Waals surface area contributed by atoms with E-state index >= 15 is 0 Å². The molecule has 1 aromatic carbocycles. The van der Waals surface area contributed by atoms with E-state index in [9.17, 15) is 19.2 Å². The summed E-state index contributed by atoms with van der Waals surface area (Å²) in [6.07, 6.45) is 2.34. The highest BCUT2D eigenvalue weighted by molar-refractivity contribution is 6.31. The van der Waals surface area contributed by atoms with Crippen LogP contribution in [-0.4, -0.2) is 25.1 Å². The van der Waals surface area contributed by atoms with Crippen LogP contribution in [0.3, 0.4) is 0 Å². The number of rotatable bonds is 3. The van der Waals surface area contributed by atoms with Gasteiger partial charge in [0.2, 0.25) is 0 Å². The summed E-state index contributed by atoms with van der Waals surface area (Å²) >= 11 is 5.86. The smallest absolute Gasteiger partial charge is 0.291 e. The summed E-state index contributed by atoms with van der Waals surface area (Å²) in [6, 6.07) is 5.74. The maximum absolute atomic E-state index is 12.3. The topological polar surface area (TPSA) is 119 Å². The molecule has 3 rings (SSSR count). The molecule has 0 bridgehead atoms. The largest absolute Gasteiger partial charge is 0.328 e. The molecule has 2 heterocycles. The van der Waals surface area contributed by atoms with Gasteiger partial charge in [-0.3, -0.25) is 29.4 Å². The third kappa shape index (κ3) is 3.10. The van der Waals surface area contributed by atoms with Crippen molar-refractivity contribution in [2.75, 3.05) is 5.43 Å². The molecule has 0 saturated heterocycles. The van der Waals surface area contributed by atoms with Crippen molar-refractivity contribution in [3.63, 3.8) is 0 Å². The number of carbonyl (C=O) groups excluding carboxylic acids is 1. The zero-order valence-corrected chi connectivity index (χ0v) is 12.8. The molecule has 1 amide bonds. The van der Waals surface area contributed by atoms with Crippen molar-refractivity contribution in [1.82, 2.24) is 19.2 Å². The van der Waals surface area contributed by atoms with E-state index in [1.165, 1.54) is 12.3 Å². The molecule has 0 radical (unpaired) electrons. The Hall–Kier alpha value is -3.20. The first-order valence-corrected chi connectivity index (χ1v) is 7.08. The summed E-state index contributed by atoms with van der Waals surface area (Å²) in [5, 5.41) is 0.608. The number of benzene rings is 1. The van der Waals surface area contributed by atoms with Crippen LogP contribution in [-0.2, 0) is 11.3 Å². The van der Waals surface area contributed by atoms with Gasteiger partial charge in [0.15, 0.2) is 0 Å². The third-order valence-electron chi connectivity index (χ3n) is 3.18. The first-order chi connectivity index (χ1) is 11.4. The number of aromatic amines is 1. The minimum atomic E-state index is -0.728. The molecule has 3 aromatic rings. The Morgan fingerprint density at radius 1 is 1.25 bits per heavy atom. The lowest BCUT2D eigenvalue weighted by molar-refractivity contribution is -0.117. The molecular formula is C14H10ClN5O4. The van der Waals surface area contributed by atoms with Crippen molar-refractivity contribution in [1.29, 1.82) is 0 Å². The molecule has 0 fully saturated rings. The molecule has 24 heavy (non-hydrogen) atoms. The van der Waals surface area contributed by atoms with Crippen molar-refractivity contribution in [3.05, 3.63) is 73.0 Å². The average Bonchev–Trinajstić information content (AvgIpc) is 2.53. The Kier molecular flexibility index (Phi) is 4.00. The summed E-state index contributed by atoms with van der Waals surface area (Å²) in [4.78, 5) is 52.9. The van der Waals surface area contributed by atoms with E-state index in [0.29, 0.717) is 10.5 Å². The fraction of sp³-hybridized carbons (Fsp3) is 0.0714. The highest BCUT2D eigenvalue weighted by Crippen LogP contribution is 2.13. The molecule has 0 saturated carbocycles. The monoisotopic (exact) mass is 347 g/mol. The van der Waals surface area contributed by atoms with Crippen LogP contribution in [0.25, 0.3) is 10.9 Å². The molecule has 10 heteroatoms. The number of hydrogen-bond donors (Lipinski definition) is 2. The standard InChI is InChI=1S/C14H10ClN5O4/c15-8-1-2-10-9(5-8)13(23)20(7-16-10)18-12(22)6-19-4-3-11(21)17-14(19)24/h1-5,7H,6H2,(H,18,22)(H,17,21,24). The molecule has 122 valence electrons. The lowest BCUT2D eigenvalue weighted by Crippen LogP contribution is -2.38. The lowest BCUT2D eigenvalue weighted by Gasteiger charge is -2.09. The molecule has 2 N–H and O–H groups in total. The number of fused-ring (bicyclic) bond motifs is 1. The van der Waals surface area contributed by atoms with Gasteiger partial charge in [0.05, 0.1) is 10.9 Å². The number of nitrogens with zero attached hydrogens (tertiary/aromatic N) is 3. The second kappa shape index (κ2) is 6.13. The number of amides is 1. The van der Waals surface area contributed by atoms with Crippen molar-refractivity contribution in [2.24, 2.45) is 0 Å². The van der Waals surface area contributed by atoms with Crippen molar-refractivity contribution >= 4 is 28.4 Å². The summed E-state index contributed by atoms with van der Waals surface area (Å²) in [5.74, 6) is -0.644. The number of halogens is 1. The number of nitrogens with one attached hydrogen (secondary N) is 2. The van der Waals surface area contributed by atoms with Crippen LogP contribution in [0.4, 0.5) is 0 Å². The molecule has 9 nitrogen and oxygen atoms in total. The maximum atomic E-state index is 12.3. The number of hydrogen-bond acceptors (Lipinski definition) is 5. The van der Waals surface area contributed by atoms with Crippen molar-refractivity contribution in [3.8, 4) is 0 Å². The molecule has 0 aliphatic rings. The Labute approximate surface area is 138 Å². The number of carbonyl (C=O) groups is 1. The summed E-state index contributed by atoms with van der Waals surface area (Å²) in [5.41, 5.74) is 0.953. The highest BCUT2D eigenvalue weighted by Gasteiger charge is 2.09. The number of aromatic nitrogens is 4. The van der Waals surface area contributed by atoms with Crippen LogP contribution < -0.4 is 22.2 Å². The summed E-state index contributed by atoms with van der Waals surface area (Å²) < 4.78 is 1.89. The van der Waals surface area contributed by atoms with Gasteiger partial charge < -0.3 is 0 Å². The minimum absolute atomic E-state index is 0.242. The van der Waals surface area contributed by atoms with E-state index in [1.807, 2.05) is 4.98 Å². The normalized spacial score (nSPS) is 10.7. The van der Waals surface area contributed by atoms with Crippen LogP contribution in [0.2, 0.25) is 5.02 Å². The summed E-state index contributed by atoms with van der Waals surface area (Å²) in [7, 11) is 0. The maximum Gasteiger partial charge on any atom is 0.328 e. The van der Waals surface area contributed by atoms with Gasteiger partial charge in [-0.05, 0) is 18.2 Å². The first kappa shape index (κ1) is 15.7. The predicted molar refractivity (Wildman–Crippen MR) is 86.7 cm³/mol. The fourth-order valence-corrected chi connectivity index (χ4v) is 2.24. The van der Waals surface area contributed by atoms with E-state index in [4.69, 9.17) is 11.6 Å². The van der Waals surface area contributed by atoms with E-state index in [0.717, 1.165) is 21.6 Å². The van der Waals surface area contributed by atoms with E-state index in [-0.39, 0.29) is 11.9 Å². The van der Waals surface area contributed by atoms with Crippen molar-refractivity contribution in [2.45, 2.75) is 6.54 Å². The van der Waals surface area contributed by atoms with Gasteiger partial charge in [-0.25, -0.2) is 14.5 Å². The molecule has 0 unspecified atom stereocenters. The fourth-order valence-electron chi connectivity index (χ4n) is 2.07. The van der Waals surface area contributed by atoms with Gasteiger partial charge in [-0.15, -0.1) is 0 Å². The van der Waals surface area contributed by atoms with Crippen LogP contribution in [0.15, 0.2) is 51.2 Å².